The first-order valence-electron chi connectivity index (χ1n) is 12.0. The number of ketones is 1. The standard InChI is InChI=1S/C25H28N4O6S/c1-17-3-5-18(6-4-17)7-8-21(30)22-23(31)25(32)28-16-19(27-10-12-35-13-11-27)15-20(24(28)26-22)29-9-2-14-36(29,33)34/h3-6,15-16,31H,2,7-14H2,1H3. The molecule has 36 heavy (non-hydrogen) atoms. The van der Waals surface area contributed by atoms with Crippen LogP contribution in [-0.2, 0) is 21.2 Å². The van der Waals surface area contributed by atoms with Crippen molar-refractivity contribution in [3.63, 3.8) is 0 Å². The third-order valence-corrected chi connectivity index (χ3v) is 8.49. The van der Waals surface area contributed by atoms with Gasteiger partial charge in [0.05, 0.1) is 30.3 Å². The van der Waals surface area contributed by atoms with Gasteiger partial charge in [-0.05, 0) is 31.4 Å². The number of aromatic nitrogens is 2. The molecule has 2 aliphatic rings. The van der Waals surface area contributed by atoms with Gasteiger partial charge in [0.15, 0.2) is 17.1 Å². The van der Waals surface area contributed by atoms with Crippen LogP contribution in [0.15, 0.2) is 41.3 Å². The maximum atomic E-state index is 13.2. The Kier molecular flexibility index (Phi) is 6.44. The SMILES string of the molecule is Cc1ccc(CCC(=O)c2nc3c(N4CCCS4(=O)=O)cc(N4CCOCC4)cn3c(=O)c2O)cc1. The van der Waals surface area contributed by atoms with Gasteiger partial charge in [0.2, 0.25) is 15.8 Å². The molecule has 2 saturated heterocycles. The lowest BCUT2D eigenvalue weighted by atomic mass is 10.0. The molecule has 0 aliphatic carbocycles. The van der Waals surface area contributed by atoms with Crippen molar-refractivity contribution in [1.82, 2.24) is 9.38 Å². The van der Waals surface area contributed by atoms with Crippen LogP contribution in [0.3, 0.4) is 0 Å². The number of hydrogen-bond donors (Lipinski definition) is 1. The van der Waals surface area contributed by atoms with Crippen LogP contribution in [0.1, 0.15) is 34.5 Å². The largest absolute Gasteiger partial charge is 0.501 e. The van der Waals surface area contributed by atoms with Gasteiger partial charge in [-0.3, -0.25) is 18.3 Å². The van der Waals surface area contributed by atoms with Crippen molar-refractivity contribution in [2.45, 2.75) is 26.2 Å². The third kappa shape index (κ3) is 4.56. The van der Waals surface area contributed by atoms with Crippen LogP contribution in [0.25, 0.3) is 5.65 Å². The fraction of sp³-hybridized carbons (Fsp3) is 0.400. The predicted molar refractivity (Wildman–Crippen MR) is 136 cm³/mol. The zero-order valence-electron chi connectivity index (χ0n) is 20.0. The zero-order valence-corrected chi connectivity index (χ0v) is 20.8. The molecule has 190 valence electrons. The van der Waals surface area contributed by atoms with Gasteiger partial charge in [-0.1, -0.05) is 29.8 Å². The number of Topliss-reactive ketones (excluding diaryl/α,β-unsaturated/α-hetero) is 1. The first-order valence-corrected chi connectivity index (χ1v) is 13.6. The highest BCUT2D eigenvalue weighted by Crippen LogP contribution is 2.32. The minimum Gasteiger partial charge on any atom is -0.501 e. The summed E-state index contributed by atoms with van der Waals surface area (Å²) in [5.74, 6) is -1.23. The van der Waals surface area contributed by atoms with Crippen LogP contribution in [0.2, 0.25) is 0 Å². The van der Waals surface area contributed by atoms with Gasteiger partial charge in [-0.15, -0.1) is 0 Å². The Hall–Kier alpha value is -3.44. The van der Waals surface area contributed by atoms with Crippen molar-refractivity contribution >= 4 is 32.8 Å². The molecule has 1 aromatic carbocycles. The topological polar surface area (TPSA) is 122 Å². The molecular weight excluding hydrogens is 484 g/mol. The fourth-order valence-corrected chi connectivity index (χ4v) is 6.17. The number of nitrogens with zero attached hydrogens (tertiary/aromatic N) is 4. The van der Waals surface area contributed by atoms with E-state index >= 15 is 0 Å². The molecule has 0 saturated carbocycles. The summed E-state index contributed by atoms with van der Waals surface area (Å²) >= 11 is 0. The lowest BCUT2D eigenvalue weighted by Gasteiger charge is -2.30. The first-order chi connectivity index (χ1) is 17.2. The van der Waals surface area contributed by atoms with Crippen molar-refractivity contribution in [2.24, 2.45) is 0 Å². The summed E-state index contributed by atoms with van der Waals surface area (Å²) in [5, 5.41) is 10.7. The number of fused-ring (bicyclic) bond motifs is 1. The smallest absolute Gasteiger partial charge is 0.300 e. The Balaban J connectivity index is 1.59. The van der Waals surface area contributed by atoms with Crippen LogP contribution in [0, 0.1) is 6.92 Å². The summed E-state index contributed by atoms with van der Waals surface area (Å²) in [4.78, 5) is 32.6. The minimum absolute atomic E-state index is 0.00834. The van der Waals surface area contributed by atoms with Gasteiger partial charge < -0.3 is 14.7 Å². The molecule has 2 aromatic heterocycles. The fourth-order valence-electron chi connectivity index (χ4n) is 4.61. The number of anilines is 2. The minimum atomic E-state index is -3.60. The number of carbonyl (C=O) groups is 1. The maximum Gasteiger partial charge on any atom is 0.300 e. The number of pyridine rings is 1. The van der Waals surface area contributed by atoms with E-state index in [9.17, 15) is 23.1 Å². The number of benzene rings is 1. The van der Waals surface area contributed by atoms with E-state index < -0.39 is 27.1 Å². The van der Waals surface area contributed by atoms with E-state index in [0.717, 1.165) is 15.5 Å². The Morgan fingerprint density at radius 3 is 2.53 bits per heavy atom. The Bertz CT molecular complexity index is 1480. The van der Waals surface area contributed by atoms with Crippen LogP contribution in [0.5, 0.6) is 5.75 Å². The van der Waals surface area contributed by atoms with E-state index in [0.29, 0.717) is 44.8 Å². The second kappa shape index (κ2) is 9.55. The summed E-state index contributed by atoms with van der Waals surface area (Å²) in [5.41, 5.74) is 1.76. The van der Waals surface area contributed by atoms with Crippen LogP contribution < -0.4 is 14.8 Å². The molecule has 11 heteroatoms. The zero-order chi connectivity index (χ0) is 25.4. The highest BCUT2D eigenvalue weighted by Gasteiger charge is 2.32. The molecule has 3 aromatic rings. The van der Waals surface area contributed by atoms with Crippen molar-refractivity contribution < 1.29 is 23.1 Å². The van der Waals surface area contributed by atoms with Gasteiger partial charge in [0.1, 0.15) is 0 Å². The predicted octanol–water partition coefficient (Wildman–Crippen LogP) is 1.90. The van der Waals surface area contributed by atoms with Crippen molar-refractivity contribution in [3.05, 3.63) is 63.7 Å². The van der Waals surface area contributed by atoms with E-state index in [-0.39, 0.29) is 35.7 Å². The van der Waals surface area contributed by atoms with E-state index in [1.54, 1.807) is 6.07 Å². The molecular formula is C25H28N4O6S. The Morgan fingerprint density at radius 1 is 1.14 bits per heavy atom. The molecule has 10 nitrogen and oxygen atoms in total. The number of sulfonamides is 1. The molecule has 0 spiro atoms. The highest BCUT2D eigenvalue weighted by molar-refractivity contribution is 7.93. The van der Waals surface area contributed by atoms with Crippen molar-refractivity contribution in [3.8, 4) is 5.75 Å². The van der Waals surface area contributed by atoms with E-state index in [2.05, 4.69) is 4.98 Å². The number of aromatic hydroxyl groups is 1. The summed E-state index contributed by atoms with van der Waals surface area (Å²) in [6, 6.07) is 9.44. The van der Waals surface area contributed by atoms with Crippen molar-refractivity contribution in [1.29, 1.82) is 0 Å². The molecule has 0 unspecified atom stereocenters. The average Bonchev–Trinajstić information content (AvgIpc) is 3.24. The molecule has 0 amide bonds. The highest BCUT2D eigenvalue weighted by atomic mass is 32.2. The molecule has 1 N–H and O–H groups in total. The molecule has 2 fully saturated rings. The van der Waals surface area contributed by atoms with Gasteiger partial charge in [0, 0.05) is 32.3 Å². The summed E-state index contributed by atoms with van der Waals surface area (Å²) in [6.45, 7) is 4.37. The van der Waals surface area contributed by atoms with Gasteiger partial charge >= 0.3 is 5.56 Å². The van der Waals surface area contributed by atoms with Gasteiger partial charge in [-0.2, -0.15) is 0 Å². The maximum absolute atomic E-state index is 13.2. The Labute approximate surface area is 208 Å². The van der Waals surface area contributed by atoms with E-state index in [4.69, 9.17) is 4.74 Å². The molecule has 0 radical (unpaired) electrons. The number of aryl methyl sites for hydroxylation is 2. The lowest BCUT2D eigenvalue weighted by molar-refractivity contribution is 0.0975. The van der Waals surface area contributed by atoms with Crippen LogP contribution >= 0.6 is 0 Å². The van der Waals surface area contributed by atoms with Crippen LogP contribution in [0.4, 0.5) is 11.4 Å². The summed E-state index contributed by atoms with van der Waals surface area (Å²) < 4.78 is 33.4. The third-order valence-electron chi connectivity index (χ3n) is 6.64. The van der Waals surface area contributed by atoms with E-state index in [1.807, 2.05) is 36.1 Å². The molecule has 4 heterocycles. The monoisotopic (exact) mass is 512 g/mol. The Morgan fingerprint density at radius 2 is 1.86 bits per heavy atom. The van der Waals surface area contributed by atoms with Gasteiger partial charge in [0.25, 0.3) is 0 Å². The number of carbonyl (C=O) groups excluding carboxylic acids is 1. The van der Waals surface area contributed by atoms with Crippen LogP contribution in [-0.4, -0.2) is 67.3 Å². The average molecular weight is 513 g/mol. The number of rotatable bonds is 6. The lowest BCUT2D eigenvalue weighted by Crippen LogP contribution is -2.37. The second-order valence-electron chi connectivity index (χ2n) is 9.14. The quantitative estimate of drug-likeness (QED) is 0.497. The van der Waals surface area contributed by atoms with Crippen molar-refractivity contribution in [2.75, 3.05) is 47.8 Å². The molecule has 5 rings (SSSR count). The molecule has 0 bridgehead atoms. The second-order valence-corrected chi connectivity index (χ2v) is 11.2. The normalized spacial score (nSPS) is 17.6. The molecule has 2 aliphatic heterocycles. The summed E-state index contributed by atoms with van der Waals surface area (Å²) in [6.07, 6.45) is 2.44. The van der Waals surface area contributed by atoms with E-state index in [1.165, 1.54) is 10.5 Å². The summed E-state index contributed by atoms with van der Waals surface area (Å²) in [7, 11) is -3.60. The number of morpholine rings is 1. The van der Waals surface area contributed by atoms with Gasteiger partial charge in [-0.25, -0.2) is 13.4 Å². The molecule has 0 atom stereocenters. The number of hydrogen-bond acceptors (Lipinski definition) is 8. The number of ether oxygens (including phenoxy) is 1. The first kappa shape index (κ1) is 24.3.